The minimum Gasteiger partial charge on any atom is -0.339 e. The molecule has 1 aromatic carbocycles. The van der Waals surface area contributed by atoms with Crippen LogP contribution < -0.4 is 0 Å². The van der Waals surface area contributed by atoms with Gasteiger partial charge in [0, 0.05) is 43.2 Å². The topological polar surface area (TPSA) is 97.9 Å². The maximum atomic E-state index is 13.2. The second kappa shape index (κ2) is 7.62. The Morgan fingerprint density at radius 3 is 3.00 bits per heavy atom. The zero-order chi connectivity index (χ0) is 20.5. The first-order chi connectivity index (χ1) is 14.7. The normalized spacial score (nSPS) is 16.3. The van der Waals surface area contributed by atoms with Gasteiger partial charge in [-0.1, -0.05) is 36.3 Å². The van der Waals surface area contributed by atoms with Gasteiger partial charge in [-0.2, -0.15) is 4.98 Å². The molecule has 4 heterocycles. The van der Waals surface area contributed by atoms with Crippen molar-refractivity contribution in [2.45, 2.75) is 25.7 Å². The summed E-state index contributed by atoms with van der Waals surface area (Å²) in [6.07, 6.45) is 6.39. The summed E-state index contributed by atoms with van der Waals surface area (Å²) in [6, 6.07) is 9.73. The predicted octanol–water partition coefficient (Wildman–Crippen LogP) is 3.27. The number of pyridine rings is 1. The molecule has 150 valence electrons. The Morgan fingerprint density at radius 1 is 1.23 bits per heavy atom. The van der Waals surface area contributed by atoms with E-state index in [-0.39, 0.29) is 11.8 Å². The summed E-state index contributed by atoms with van der Waals surface area (Å²) in [6.45, 7) is 3.16. The van der Waals surface area contributed by atoms with Gasteiger partial charge in [0.15, 0.2) is 0 Å². The van der Waals surface area contributed by atoms with Crippen molar-refractivity contribution >= 4 is 16.7 Å². The number of rotatable bonds is 4. The molecular formula is C22H20N6O2. The van der Waals surface area contributed by atoms with Gasteiger partial charge in [-0.25, -0.2) is 9.97 Å². The highest BCUT2D eigenvalue weighted by Gasteiger charge is 2.32. The van der Waals surface area contributed by atoms with Gasteiger partial charge < -0.3 is 9.42 Å². The van der Waals surface area contributed by atoms with Crippen LogP contribution in [0.4, 0.5) is 0 Å². The molecule has 1 amide bonds. The van der Waals surface area contributed by atoms with Crippen molar-refractivity contribution in [1.82, 2.24) is 30.0 Å². The Balaban J connectivity index is 1.42. The van der Waals surface area contributed by atoms with Gasteiger partial charge in [-0.15, -0.1) is 0 Å². The summed E-state index contributed by atoms with van der Waals surface area (Å²) in [5.41, 5.74) is 2.08. The lowest BCUT2D eigenvalue weighted by Gasteiger charge is -2.17. The van der Waals surface area contributed by atoms with Crippen LogP contribution in [0.5, 0.6) is 0 Å². The highest BCUT2D eigenvalue weighted by Crippen LogP contribution is 2.32. The third-order valence-electron chi connectivity index (χ3n) is 5.49. The average Bonchev–Trinajstić information content (AvgIpc) is 3.48. The van der Waals surface area contributed by atoms with E-state index < -0.39 is 0 Å². The summed E-state index contributed by atoms with van der Waals surface area (Å²) >= 11 is 0. The maximum Gasteiger partial charge on any atom is 0.273 e. The molecule has 0 bridgehead atoms. The molecule has 5 rings (SSSR count). The van der Waals surface area contributed by atoms with E-state index in [9.17, 15) is 4.79 Å². The molecule has 8 nitrogen and oxygen atoms in total. The van der Waals surface area contributed by atoms with Crippen LogP contribution >= 0.6 is 0 Å². The van der Waals surface area contributed by atoms with Crippen LogP contribution in [0.2, 0.25) is 0 Å². The van der Waals surface area contributed by atoms with Crippen LogP contribution in [0.15, 0.2) is 53.6 Å². The number of aryl methyl sites for hydroxylation is 1. The Kier molecular flexibility index (Phi) is 4.66. The number of amides is 1. The zero-order valence-corrected chi connectivity index (χ0v) is 16.5. The summed E-state index contributed by atoms with van der Waals surface area (Å²) in [5, 5.41) is 5.95. The number of aromatic nitrogens is 5. The van der Waals surface area contributed by atoms with Crippen LogP contribution in [0, 0.1) is 0 Å². The molecule has 0 unspecified atom stereocenters. The molecule has 8 heteroatoms. The van der Waals surface area contributed by atoms with Crippen LogP contribution in [-0.4, -0.2) is 49.0 Å². The number of hydrogen-bond acceptors (Lipinski definition) is 7. The summed E-state index contributed by atoms with van der Waals surface area (Å²) in [5.74, 6) is 1.08. The Hall–Kier alpha value is -3.68. The summed E-state index contributed by atoms with van der Waals surface area (Å²) in [7, 11) is 0. The second-order valence-electron chi connectivity index (χ2n) is 7.30. The van der Waals surface area contributed by atoms with Crippen molar-refractivity contribution in [2.24, 2.45) is 0 Å². The molecule has 1 aliphatic heterocycles. The number of likely N-dealkylation sites (tertiary alicyclic amines) is 1. The minimum absolute atomic E-state index is 0.0577. The molecule has 4 aromatic rings. The van der Waals surface area contributed by atoms with Crippen LogP contribution in [0.25, 0.3) is 22.2 Å². The summed E-state index contributed by atoms with van der Waals surface area (Å²) < 4.78 is 5.25. The largest absolute Gasteiger partial charge is 0.339 e. The van der Waals surface area contributed by atoms with E-state index in [2.05, 4.69) is 25.1 Å². The molecule has 1 atom stereocenters. The van der Waals surface area contributed by atoms with E-state index in [1.54, 1.807) is 12.4 Å². The summed E-state index contributed by atoms with van der Waals surface area (Å²) in [4.78, 5) is 32.5. The lowest BCUT2D eigenvalue weighted by molar-refractivity contribution is 0.0787. The van der Waals surface area contributed by atoms with Gasteiger partial charge in [0.25, 0.3) is 5.91 Å². The fourth-order valence-electron chi connectivity index (χ4n) is 3.95. The van der Waals surface area contributed by atoms with Gasteiger partial charge >= 0.3 is 0 Å². The van der Waals surface area contributed by atoms with Crippen molar-refractivity contribution in [2.75, 3.05) is 13.1 Å². The van der Waals surface area contributed by atoms with Crippen molar-refractivity contribution in [3.8, 4) is 11.4 Å². The van der Waals surface area contributed by atoms with Crippen molar-refractivity contribution in [3.63, 3.8) is 0 Å². The van der Waals surface area contributed by atoms with E-state index in [1.807, 2.05) is 42.2 Å². The Morgan fingerprint density at radius 2 is 2.13 bits per heavy atom. The first-order valence-electron chi connectivity index (χ1n) is 10.0. The highest BCUT2D eigenvalue weighted by atomic mass is 16.5. The molecule has 1 saturated heterocycles. The van der Waals surface area contributed by atoms with E-state index >= 15 is 0 Å². The monoisotopic (exact) mass is 400 g/mol. The zero-order valence-electron chi connectivity index (χ0n) is 16.5. The first kappa shape index (κ1) is 18.4. The fraction of sp³-hybridized carbons (Fsp3) is 0.273. The van der Waals surface area contributed by atoms with Crippen molar-refractivity contribution in [3.05, 3.63) is 66.3 Å². The third kappa shape index (κ3) is 3.20. The van der Waals surface area contributed by atoms with Crippen LogP contribution in [0.1, 0.15) is 41.3 Å². The number of nitrogens with zero attached hydrogens (tertiary/aromatic N) is 6. The molecule has 0 radical (unpaired) electrons. The van der Waals surface area contributed by atoms with E-state index in [1.165, 1.54) is 6.33 Å². The predicted molar refractivity (Wildman–Crippen MR) is 110 cm³/mol. The van der Waals surface area contributed by atoms with Crippen molar-refractivity contribution in [1.29, 1.82) is 0 Å². The minimum atomic E-state index is -0.0577. The van der Waals surface area contributed by atoms with Gasteiger partial charge in [0.2, 0.25) is 11.7 Å². The van der Waals surface area contributed by atoms with Gasteiger partial charge in [-0.3, -0.25) is 9.78 Å². The maximum absolute atomic E-state index is 13.2. The molecular weight excluding hydrogens is 380 g/mol. The lowest BCUT2D eigenvalue weighted by Crippen LogP contribution is -2.29. The molecule has 1 fully saturated rings. The number of hydrogen-bond donors (Lipinski definition) is 0. The molecule has 3 aromatic heterocycles. The molecule has 1 aliphatic rings. The standard InChI is InChI=1S/C22H20N6O2/c1-2-18-26-21(27-30-18)17-11-23-13-25-19(17)15-8-10-28(12-15)22(29)20-16-6-4-3-5-14(16)7-9-24-20/h3-7,9,11,13,15H,2,8,10,12H2,1H3/t15-/m1/s1. The van der Waals surface area contributed by atoms with Crippen molar-refractivity contribution < 1.29 is 9.32 Å². The number of benzene rings is 1. The van der Waals surface area contributed by atoms with E-state index in [0.29, 0.717) is 36.9 Å². The molecule has 0 N–H and O–H groups in total. The highest BCUT2D eigenvalue weighted by molar-refractivity contribution is 6.05. The fourth-order valence-corrected chi connectivity index (χ4v) is 3.95. The number of carbonyl (C=O) groups excluding carboxylic acids is 1. The molecule has 0 saturated carbocycles. The van der Waals surface area contributed by atoms with Crippen LogP contribution in [-0.2, 0) is 6.42 Å². The van der Waals surface area contributed by atoms with E-state index in [4.69, 9.17) is 4.52 Å². The quantitative estimate of drug-likeness (QED) is 0.518. The van der Waals surface area contributed by atoms with E-state index in [0.717, 1.165) is 28.5 Å². The Labute approximate surface area is 173 Å². The SMILES string of the molecule is CCc1nc(-c2cncnc2[C@@H]2CCN(C(=O)c3nccc4ccccc34)C2)no1. The first-order valence-corrected chi connectivity index (χ1v) is 10.0. The molecule has 0 spiro atoms. The average molecular weight is 400 g/mol. The second-order valence-corrected chi connectivity index (χ2v) is 7.30. The van der Waals surface area contributed by atoms with Crippen LogP contribution in [0.3, 0.4) is 0 Å². The number of carbonyl (C=O) groups is 1. The van der Waals surface area contributed by atoms with Gasteiger partial charge in [0.05, 0.1) is 11.3 Å². The third-order valence-corrected chi connectivity index (χ3v) is 5.49. The number of fused-ring (bicyclic) bond motifs is 1. The van der Waals surface area contributed by atoms with Gasteiger partial charge in [-0.05, 0) is 17.9 Å². The van der Waals surface area contributed by atoms with Gasteiger partial charge in [0.1, 0.15) is 12.0 Å². The lowest BCUT2D eigenvalue weighted by atomic mass is 10.00. The Bertz CT molecular complexity index is 1220. The smallest absolute Gasteiger partial charge is 0.273 e. The molecule has 0 aliphatic carbocycles. The molecule has 30 heavy (non-hydrogen) atoms.